The molecule has 0 spiro atoms. The van der Waals surface area contributed by atoms with Gasteiger partial charge in [0.15, 0.2) is 0 Å². The molecule has 0 aliphatic rings. The van der Waals surface area contributed by atoms with Crippen molar-refractivity contribution in [3.05, 3.63) is 59.2 Å². The van der Waals surface area contributed by atoms with E-state index in [4.69, 9.17) is 4.18 Å². The molecule has 0 fully saturated rings. The van der Waals surface area contributed by atoms with Crippen molar-refractivity contribution in [1.82, 2.24) is 0 Å². The van der Waals surface area contributed by atoms with Gasteiger partial charge in [0.1, 0.15) is 10.6 Å². The number of rotatable bonds is 5. The summed E-state index contributed by atoms with van der Waals surface area (Å²) in [6.07, 6.45) is 0. The van der Waals surface area contributed by atoms with E-state index in [9.17, 15) is 13.2 Å². The van der Waals surface area contributed by atoms with Crippen molar-refractivity contribution in [2.24, 2.45) is 0 Å². The Morgan fingerprint density at radius 3 is 2.42 bits per heavy atom. The van der Waals surface area contributed by atoms with Crippen LogP contribution >= 0.6 is 0 Å². The van der Waals surface area contributed by atoms with Gasteiger partial charge in [0.25, 0.3) is 0 Å². The van der Waals surface area contributed by atoms with E-state index in [1.807, 2.05) is 26.8 Å². The van der Waals surface area contributed by atoms with Crippen LogP contribution in [-0.4, -0.2) is 21.5 Å². The van der Waals surface area contributed by atoms with Gasteiger partial charge in [-0.3, -0.25) is 0 Å². The van der Waals surface area contributed by atoms with Gasteiger partial charge in [0, 0.05) is 0 Å². The van der Waals surface area contributed by atoms with Gasteiger partial charge < -0.3 is 8.92 Å². The zero-order valence-corrected chi connectivity index (χ0v) is 14.9. The number of carbonyl (C=O) groups excluding carboxylic acids is 1. The summed E-state index contributed by atoms with van der Waals surface area (Å²) in [6, 6.07) is 10.9. The van der Waals surface area contributed by atoms with Crippen molar-refractivity contribution < 1.29 is 22.1 Å². The molecule has 0 amide bonds. The van der Waals surface area contributed by atoms with Crippen LogP contribution in [0.4, 0.5) is 0 Å². The van der Waals surface area contributed by atoms with Crippen molar-refractivity contribution in [3.63, 3.8) is 0 Å². The first-order valence-corrected chi connectivity index (χ1v) is 8.88. The van der Waals surface area contributed by atoms with Crippen LogP contribution in [0.2, 0.25) is 0 Å². The van der Waals surface area contributed by atoms with Crippen molar-refractivity contribution in [3.8, 4) is 5.75 Å². The number of methoxy groups -OCH3 is 1. The lowest BCUT2D eigenvalue weighted by Crippen LogP contribution is -2.11. The van der Waals surface area contributed by atoms with Gasteiger partial charge in [0.05, 0.1) is 12.7 Å². The van der Waals surface area contributed by atoms with Gasteiger partial charge in [-0.2, -0.15) is 8.42 Å². The average molecular weight is 348 g/mol. The molecule has 0 saturated heterocycles. The fourth-order valence-corrected chi connectivity index (χ4v) is 3.19. The zero-order chi connectivity index (χ0) is 17.9. The molecule has 0 aliphatic heterocycles. The van der Waals surface area contributed by atoms with Gasteiger partial charge in [-0.25, -0.2) is 4.79 Å². The van der Waals surface area contributed by atoms with Crippen LogP contribution in [0.5, 0.6) is 5.75 Å². The number of hydrogen-bond acceptors (Lipinski definition) is 5. The molecule has 24 heavy (non-hydrogen) atoms. The Morgan fingerprint density at radius 2 is 1.79 bits per heavy atom. The molecule has 0 heterocycles. The van der Waals surface area contributed by atoms with Crippen LogP contribution in [0.15, 0.2) is 47.4 Å². The molecule has 2 rings (SSSR count). The van der Waals surface area contributed by atoms with Crippen LogP contribution < -0.4 is 4.18 Å². The van der Waals surface area contributed by atoms with Crippen LogP contribution in [0.3, 0.4) is 0 Å². The molecule has 6 heteroatoms. The van der Waals surface area contributed by atoms with Crippen molar-refractivity contribution >= 4 is 16.1 Å². The lowest BCUT2D eigenvalue weighted by molar-refractivity contribution is 0.0600. The molecule has 128 valence electrons. The first kappa shape index (κ1) is 18.0. The monoisotopic (exact) mass is 348 g/mol. The highest BCUT2D eigenvalue weighted by molar-refractivity contribution is 7.87. The van der Waals surface area contributed by atoms with Crippen LogP contribution in [0.25, 0.3) is 0 Å². The quantitative estimate of drug-likeness (QED) is 0.609. The highest BCUT2D eigenvalue weighted by Crippen LogP contribution is 2.26. The maximum atomic E-state index is 12.5. The number of carbonyl (C=O) groups is 1. The Bertz CT molecular complexity index is 853. The van der Waals surface area contributed by atoms with Gasteiger partial charge >= 0.3 is 16.1 Å². The fourth-order valence-electron chi connectivity index (χ4n) is 2.23. The Morgan fingerprint density at radius 1 is 1.08 bits per heavy atom. The molecule has 2 aromatic carbocycles. The predicted molar refractivity (Wildman–Crippen MR) is 90.9 cm³/mol. The number of aryl methyl sites for hydroxylation is 1. The van der Waals surface area contributed by atoms with E-state index in [0.29, 0.717) is 0 Å². The SMILES string of the molecule is COC(=O)c1cccc(S(=O)(=O)Oc2cc(C)cc(C(C)C)c2)c1. The first-order chi connectivity index (χ1) is 11.2. The largest absolute Gasteiger partial charge is 0.465 e. The molecule has 0 saturated carbocycles. The summed E-state index contributed by atoms with van der Waals surface area (Å²) >= 11 is 0. The van der Waals surface area contributed by atoms with E-state index in [-0.39, 0.29) is 22.1 Å². The fraction of sp³-hybridized carbons (Fsp3) is 0.278. The third-order valence-corrected chi connectivity index (χ3v) is 4.73. The molecule has 0 aliphatic carbocycles. The summed E-state index contributed by atoms with van der Waals surface area (Å²) in [5.41, 5.74) is 2.05. The van der Waals surface area contributed by atoms with Crippen LogP contribution in [0, 0.1) is 6.92 Å². The van der Waals surface area contributed by atoms with E-state index in [1.54, 1.807) is 12.1 Å². The molecular weight excluding hydrogens is 328 g/mol. The minimum absolute atomic E-state index is 0.0991. The summed E-state index contributed by atoms with van der Waals surface area (Å²) in [5.74, 6) is -0.107. The number of benzene rings is 2. The molecule has 2 aromatic rings. The van der Waals surface area contributed by atoms with E-state index < -0.39 is 16.1 Å². The normalized spacial score (nSPS) is 11.4. The summed E-state index contributed by atoms with van der Waals surface area (Å²) < 4.78 is 34.8. The Labute approximate surface area is 142 Å². The van der Waals surface area contributed by atoms with E-state index in [0.717, 1.165) is 11.1 Å². The second-order valence-electron chi connectivity index (χ2n) is 5.79. The van der Waals surface area contributed by atoms with Crippen molar-refractivity contribution in [1.29, 1.82) is 0 Å². The Balaban J connectivity index is 2.37. The minimum atomic E-state index is -4.04. The standard InChI is InChI=1S/C18H20O5S/c1-12(2)15-8-13(3)9-16(10-15)23-24(20,21)17-7-5-6-14(11-17)18(19)22-4/h5-12H,1-4H3. The van der Waals surface area contributed by atoms with E-state index in [1.165, 1.54) is 31.4 Å². The Kier molecular flexibility index (Phi) is 5.29. The molecule has 0 atom stereocenters. The van der Waals surface area contributed by atoms with Gasteiger partial charge in [-0.05, 0) is 54.3 Å². The summed E-state index contributed by atoms with van der Waals surface area (Å²) in [7, 11) is -2.81. The number of esters is 1. The lowest BCUT2D eigenvalue weighted by atomic mass is 10.0. The predicted octanol–water partition coefficient (Wildman–Crippen LogP) is 3.67. The van der Waals surface area contributed by atoms with Gasteiger partial charge in [-0.15, -0.1) is 0 Å². The summed E-state index contributed by atoms with van der Waals surface area (Å²) in [4.78, 5) is 11.5. The highest BCUT2D eigenvalue weighted by Gasteiger charge is 2.19. The topological polar surface area (TPSA) is 69.7 Å². The molecule has 5 nitrogen and oxygen atoms in total. The minimum Gasteiger partial charge on any atom is -0.465 e. The zero-order valence-electron chi connectivity index (χ0n) is 14.1. The third-order valence-electron chi connectivity index (χ3n) is 3.49. The van der Waals surface area contributed by atoms with Crippen LogP contribution in [-0.2, 0) is 14.9 Å². The average Bonchev–Trinajstić information content (AvgIpc) is 2.53. The van der Waals surface area contributed by atoms with Crippen LogP contribution in [0.1, 0.15) is 41.3 Å². The summed E-state index contributed by atoms with van der Waals surface area (Å²) in [6.45, 7) is 5.92. The van der Waals surface area contributed by atoms with Gasteiger partial charge in [-0.1, -0.05) is 26.0 Å². The molecule has 0 unspecified atom stereocenters. The number of hydrogen-bond donors (Lipinski definition) is 0. The van der Waals surface area contributed by atoms with Crippen molar-refractivity contribution in [2.75, 3.05) is 7.11 Å². The smallest absolute Gasteiger partial charge is 0.339 e. The van der Waals surface area contributed by atoms with Crippen molar-refractivity contribution in [2.45, 2.75) is 31.6 Å². The maximum absolute atomic E-state index is 12.5. The highest BCUT2D eigenvalue weighted by atomic mass is 32.2. The maximum Gasteiger partial charge on any atom is 0.339 e. The number of ether oxygens (including phenoxy) is 1. The first-order valence-electron chi connectivity index (χ1n) is 7.47. The molecule has 0 N–H and O–H groups in total. The molecular formula is C18H20O5S. The second-order valence-corrected chi connectivity index (χ2v) is 7.34. The molecule has 0 aromatic heterocycles. The third kappa shape index (κ3) is 4.14. The Hall–Kier alpha value is -2.34. The van der Waals surface area contributed by atoms with Gasteiger partial charge in [0.2, 0.25) is 0 Å². The van der Waals surface area contributed by atoms with E-state index >= 15 is 0 Å². The lowest BCUT2D eigenvalue weighted by Gasteiger charge is -2.12. The second kappa shape index (κ2) is 7.05. The van der Waals surface area contributed by atoms with E-state index in [2.05, 4.69) is 4.74 Å². The summed E-state index contributed by atoms with van der Waals surface area (Å²) in [5, 5.41) is 0. The molecule has 0 radical (unpaired) electrons. The molecule has 0 bridgehead atoms.